The van der Waals surface area contributed by atoms with Crippen LogP contribution in [0.4, 0.5) is 23.3 Å². The first-order chi connectivity index (χ1) is 22.7. The van der Waals surface area contributed by atoms with Crippen LogP contribution in [0.25, 0.3) is 22.2 Å². The summed E-state index contributed by atoms with van der Waals surface area (Å²) in [6.45, 7) is 7.46. The van der Waals surface area contributed by atoms with Gasteiger partial charge in [0, 0.05) is 67.9 Å². The fourth-order valence-corrected chi connectivity index (χ4v) is 5.68. The Kier molecular flexibility index (Phi) is 9.59. The van der Waals surface area contributed by atoms with Crippen molar-refractivity contribution >= 4 is 40.1 Å². The van der Waals surface area contributed by atoms with Gasteiger partial charge in [-0.1, -0.05) is 12.1 Å². The van der Waals surface area contributed by atoms with Crippen LogP contribution in [0.1, 0.15) is 24.1 Å². The fraction of sp³-hybridized carbons (Fsp3) is 0.394. The van der Waals surface area contributed by atoms with Gasteiger partial charge < -0.3 is 30.6 Å². The third-order valence-corrected chi connectivity index (χ3v) is 8.18. The summed E-state index contributed by atoms with van der Waals surface area (Å²) in [6.07, 6.45) is 7.01. The molecule has 1 unspecified atom stereocenters. The topological polar surface area (TPSA) is 154 Å². The Morgan fingerprint density at radius 2 is 2.02 bits per heavy atom. The number of hydrogen-bond acceptors (Lipinski definition) is 11. The molecule has 4 aromatic heterocycles. The number of nitrogens with zero attached hydrogens (tertiary/aromatic N) is 8. The van der Waals surface area contributed by atoms with Crippen molar-refractivity contribution in [1.82, 2.24) is 44.5 Å². The highest BCUT2D eigenvalue weighted by Gasteiger charge is 2.26. The Morgan fingerprint density at radius 1 is 1.15 bits per heavy atom. The van der Waals surface area contributed by atoms with Crippen LogP contribution in [0.5, 0.6) is 5.88 Å². The van der Waals surface area contributed by atoms with Gasteiger partial charge in [-0.2, -0.15) is 5.10 Å². The van der Waals surface area contributed by atoms with E-state index in [1.165, 1.54) is 6.33 Å². The van der Waals surface area contributed by atoms with Crippen LogP contribution in [0, 0.1) is 13.8 Å². The number of carbonyl (C=O) groups excluding carboxylic acids is 1. The Bertz CT molecular complexity index is 1830. The van der Waals surface area contributed by atoms with Gasteiger partial charge in [-0.25, -0.2) is 19.9 Å². The Labute approximate surface area is 274 Å². The van der Waals surface area contributed by atoms with Crippen molar-refractivity contribution in [2.75, 3.05) is 62.8 Å². The highest BCUT2D eigenvalue weighted by Crippen LogP contribution is 2.33. The van der Waals surface area contributed by atoms with Crippen molar-refractivity contribution in [3.05, 3.63) is 60.3 Å². The number of hydrogen-bond donors (Lipinski definition) is 4. The SMILES string of the molecule is Cc1cnc(Nc2cc(C)n(C)n2)nc1-c1c[nH]c2c(NC(=O)CN3CCC(Oc4cc(NCCCN(C)C)ncn4)C3)cccc12. The van der Waals surface area contributed by atoms with Crippen LogP contribution in [-0.2, 0) is 11.8 Å². The van der Waals surface area contributed by atoms with Crippen molar-refractivity contribution < 1.29 is 9.53 Å². The number of H-pyrrole nitrogens is 1. The highest BCUT2D eigenvalue weighted by atomic mass is 16.5. The van der Waals surface area contributed by atoms with Gasteiger partial charge >= 0.3 is 0 Å². The van der Waals surface area contributed by atoms with Crippen LogP contribution in [0.3, 0.4) is 0 Å². The maximum absolute atomic E-state index is 13.2. The fourth-order valence-electron chi connectivity index (χ4n) is 5.68. The van der Waals surface area contributed by atoms with Gasteiger partial charge in [0.15, 0.2) is 5.82 Å². The molecule has 0 saturated carbocycles. The van der Waals surface area contributed by atoms with Crippen molar-refractivity contribution in [2.24, 2.45) is 7.05 Å². The summed E-state index contributed by atoms with van der Waals surface area (Å²) in [4.78, 5) is 38.7. The number of fused-ring (bicyclic) bond motifs is 1. The summed E-state index contributed by atoms with van der Waals surface area (Å²) in [6, 6.07) is 9.64. The van der Waals surface area contributed by atoms with E-state index in [4.69, 9.17) is 9.72 Å². The Hall–Kier alpha value is -5.08. The van der Waals surface area contributed by atoms with Gasteiger partial charge in [-0.15, -0.1) is 0 Å². The molecule has 1 aromatic carbocycles. The second kappa shape index (κ2) is 14.1. The van der Waals surface area contributed by atoms with Crippen molar-refractivity contribution in [3.63, 3.8) is 0 Å². The van der Waals surface area contributed by atoms with E-state index in [9.17, 15) is 4.79 Å². The molecule has 1 aliphatic rings. The number of amides is 1. The normalized spacial score (nSPS) is 15.0. The molecule has 1 saturated heterocycles. The van der Waals surface area contributed by atoms with Crippen molar-refractivity contribution in [1.29, 1.82) is 0 Å². The smallest absolute Gasteiger partial charge is 0.238 e. The number of rotatable bonds is 13. The highest BCUT2D eigenvalue weighted by molar-refractivity contribution is 6.06. The number of anilines is 4. The second-order valence-electron chi connectivity index (χ2n) is 12.2. The largest absolute Gasteiger partial charge is 0.473 e. The molecule has 246 valence electrons. The molecule has 1 amide bonds. The Balaban J connectivity index is 1.06. The lowest BCUT2D eigenvalue weighted by molar-refractivity contribution is -0.117. The molecule has 4 N–H and O–H groups in total. The summed E-state index contributed by atoms with van der Waals surface area (Å²) in [5, 5.41) is 15.0. The van der Waals surface area contributed by atoms with E-state index in [0.717, 1.165) is 71.7 Å². The molecule has 0 aliphatic carbocycles. The lowest BCUT2D eigenvalue weighted by Crippen LogP contribution is -2.33. The molecule has 5 aromatic rings. The van der Waals surface area contributed by atoms with Gasteiger partial charge in [-0.3, -0.25) is 14.4 Å². The molecule has 0 radical (unpaired) electrons. The zero-order valence-electron chi connectivity index (χ0n) is 27.5. The van der Waals surface area contributed by atoms with Gasteiger partial charge in [0.2, 0.25) is 17.7 Å². The van der Waals surface area contributed by atoms with Crippen LogP contribution in [0.15, 0.2) is 49.1 Å². The second-order valence-corrected chi connectivity index (χ2v) is 12.2. The maximum Gasteiger partial charge on any atom is 0.238 e. The molecular formula is C33H42N12O2. The van der Waals surface area contributed by atoms with Crippen LogP contribution >= 0.6 is 0 Å². The number of aryl methyl sites for hydroxylation is 3. The van der Waals surface area contributed by atoms with Crippen molar-refractivity contribution in [3.8, 4) is 17.1 Å². The average molecular weight is 639 g/mol. The zero-order chi connectivity index (χ0) is 32.9. The van der Waals surface area contributed by atoms with E-state index in [2.05, 4.69) is 64.9 Å². The summed E-state index contributed by atoms with van der Waals surface area (Å²) < 4.78 is 7.95. The molecule has 14 nitrogen and oxygen atoms in total. The molecule has 1 atom stereocenters. The maximum atomic E-state index is 13.2. The number of ether oxygens (including phenoxy) is 1. The van der Waals surface area contributed by atoms with Gasteiger partial charge in [0.05, 0.1) is 23.4 Å². The number of carbonyl (C=O) groups is 1. The first-order valence-corrected chi connectivity index (χ1v) is 15.8. The zero-order valence-corrected chi connectivity index (χ0v) is 27.5. The Morgan fingerprint density at radius 3 is 2.83 bits per heavy atom. The number of aromatic nitrogens is 7. The molecular weight excluding hydrogens is 596 g/mol. The minimum atomic E-state index is -0.0871. The number of benzene rings is 1. The quantitative estimate of drug-likeness (QED) is 0.139. The predicted molar refractivity (Wildman–Crippen MR) is 183 cm³/mol. The average Bonchev–Trinajstić information content (AvgIpc) is 3.75. The lowest BCUT2D eigenvalue weighted by atomic mass is 10.1. The van der Waals surface area contributed by atoms with Gasteiger partial charge in [0.1, 0.15) is 18.2 Å². The lowest BCUT2D eigenvalue weighted by Gasteiger charge is -2.17. The van der Waals surface area contributed by atoms with E-state index in [1.807, 2.05) is 57.4 Å². The number of para-hydroxylation sites is 1. The molecule has 0 spiro atoms. The molecule has 6 rings (SSSR count). The van der Waals surface area contributed by atoms with E-state index in [0.29, 0.717) is 29.9 Å². The summed E-state index contributed by atoms with van der Waals surface area (Å²) >= 11 is 0. The van der Waals surface area contributed by atoms with E-state index >= 15 is 0 Å². The van der Waals surface area contributed by atoms with E-state index in [-0.39, 0.29) is 18.6 Å². The first-order valence-electron chi connectivity index (χ1n) is 15.8. The van der Waals surface area contributed by atoms with Gasteiger partial charge in [0.25, 0.3) is 0 Å². The van der Waals surface area contributed by atoms with E-state index < -0.39 is 0 Å². The monoisotopic (exact) mass is 638 g/mol. The predicted octanol–water partition coefficient (Wildman–Crippen LogP) is 3.96. The van der Waals surface area contributed by atoms with E-state index in [1.54, 1.807) is 10.9 Å². The standard InChI is InChI=1S/C33H42N12O2/c1-21-16-36-33(40-28-14-22(2)44(5)42-28)41-31(21)25-17-35-32-24(25)8-6-9-26(32)39-29(46)19-45-13-10-23(18-45)47-30-15-27(37-20-38-30)34-11-7-12-43(3)4/h6,8-9,14-17,20,23,35H,7,10-13,18-19H2,1-5H3,(H,39,46)(H,34,37,38)(H,36,40,41,42). The number of nitrogens with one attached hydrogen (secondary N) is 4. The van der Waals surface area contributed by atoms with Crippen molar-refractivity contribution in [2.45, 2.75) is 32.8 Å². The minimum absolute atomic E-state index is 0.0501. The molecule has 47 heavy (non-hydrogen) atoms. The first kappa shape index (κ1) is 31.9. The third kappa shape index (κ3) is 7.84. The minimum Gasteiger partial charge on any atom is -0.473 e. The number of likely N-dealkylation sites (tertiary alicyclic amines) is 1. The van der Waals surface area contributed by atoms with Gasteiger partial charge in [-0.05, 0) is 59.0 Å². The summed E-state index contributed by atoms with van der Waals surface area (Å²) in [7, 11) is 6.01. The molecule has 14 heteroatoms. The third-order valence-electron chi connectivity index (χ3n) is 8.18. The van der Waals surface area contributed by atoms with Crippen LogP contribution in [-0.4, -0.2) is 103 Å². The number of aromatic amines is 1. The van der Waals surface area contributed by atoms with Crippen LogP contribution < -0.4 is 20.7 Å². The van der Waals surface area contributed by atoms with Crippen LogP contribution in [0.2, 0.25) is 0 Å². The molecule has 5 heterocycles. The summed E-state index contributed by atoms with van der Waals surface area (Å²) in [5.41, 5.74) is 5.23. The molecule has 1 aliphatic heterocycles. The summed E-state index contributed by atoms with van der Waals surface area (Å²) in [5.74, 6) is 2.34. The molecule has 0 bridgehead atoms. The molecule has 1 fully saturated rings.